The zero-order valence-corrected chi connectivity index (χ0v) is 17.4. The minimum atomic E-state index is -0.182. The van der Waals surface area contributed by atoms with E-state index in [9.17, 15) is 9.59 Å². The van der Waals surface area contributed by atoms with Gasteiger partial charge < -0.3 is 10.6 Å². The van der Waals surface area contributed by atoms with Crippen LogP contribution < -0.4 is 10.6 Å². The predicted octanol–water partition coefficient (Wildman–Crippen LogP) is 4.08. The number of carbonyl (C=O) groups excluding carboxylic acids is 2. The molecule has 0 aromatic rings. The predicted molar refractivity (Wildman–Crippen MR) is 107 cm³/mol. The van der Waals surface area contributed by atoms with E-state index in [4.69, 9.17) is 0 Å². The van der Waals surface area contributed by atoms with Crippen molar-refractivity contribution in [3.8, 4) is 0 Å². The van der Waals surface area contributed by atoms with E-state index in [1.54, 1.807) is 0 Å². The molecule has 0 aromatic carbocycles. The molecule has 0 radical (unpaired) electrons. The molecule has 27 heavy (non-hydrogen) atoms. The lowest BCUT2D eigenvalue weighted by Gasteiger charge is -2.53. The second-order valence-corrected chi connectivity index (χ2v) is 10.7. The second-order valence-electron chi connectivity index (χ2n) is 10.7. The molecule has 2 amide bonds. The number of hydrogen-bond donors (Lipinski definition) is 2. The van der Waals surface area contributed by atoms with Crippen molar-refractivity contribution in [1.29, 1.82) is 0 Å². The molecule has 2 saturated carbocycles. The van der Waals surface area contributed by atoms with Gasteiger partial charge in [-0.3, -0.25) is 9.59 Å². The number of fused-ring (bicyclic) bond motifs is 5. The largest absolute Gasteiger partial charge is 0.351 e. The van der Waals surface area contributed by atoms with Gasteiger partial charge in [-0.1, -0.05) is 25.5 Å². The highest BCUT2D eigenvalue weighted by atomic mass is 16.2. The summed E-state index contributed by atoms with van der Waals surface area (Å²) in [6.07, 6.45) is 10.3. The van der Waals surface area contributed by atoms with Crippen LogP contribution in [-0.4, -0.2) is 17.4 Å². The van der Waals surface area contributed by atoms with Gasteiger partial charge in [-0.25, -0.2) is 0 Å². The van der Waals surface area contributed by atoms with E-state index in [0.29, 0.717) is 18.3 Å². The molecule has 3 fully saturated rings. The number of rotatable bonds is 1. The van der Waals surface area contributed by atoms with Crippen LogP contribution in [-0.2, 0) is 9.59 Å². The van der Waals surface area contributed by atoms with Gasteiger partial charge in [0.1, 0.15) is 0 Å². The van der Waals surface area contributed by atoms with Crippen LogP contribution in [0.25, 0.3) is 0 Å². The van der Waals surface area contributed by atoms with Gasteiger partial charge in [0.2, 0.25) is 11.8 Å². The Kier molecular flexibility index (Phi) is 4.14. The molecule has 148 valence electrons. The number of nitrogens with one attached hydrogen (secondary N) is 2. The highest BCUT2D eigenvalue weighted by Crippen LogP contribution is 2.64. The summed E-state index contributed by atoms with van der Waals surface area (Å²) in [5.74, 6) is 1.47. The summed E-state index contributed by atoms with van der Waals surface area (Å²) in [4.78, 5) is 24.9. The molecular formula is C23H34N2O2. The summed E-state index contributed by atoms with van der Waals surface area (Å²) in [7, 11) is 0. The summed E-state index contributed by atoms with van der Waals surface area (Å²) in [6.45, 7) is 10.9. The maximum absolute atomic E-state index is 13.0. The first-order chi connectivity index (χ1) is 12.5. The van der Waals surface area contributed by atoms with Crippen molar-refractivity contribution in [1.82, 2.24) is 10.6 Å². The van der Waals surface area contributed by atoms with E-state index in [1.807, 2.05) is 0 Å². The fourth-order valence-electron chi connectivity index (χ4n) is 6.44. The van der Waals surface area contributed by atoms with E-state index < -0.39 is 0 Å². The first kappa shape index (κ1) is 18.8. The summed E-state index contributed by atoms with van der Waals surface area (Å²) in [5, 5.41) is 6.36. The first-order valence-electron chi connectivity index (χ1n) is 10.6. The van der Waals surface area contributed by atoms with Crippen LogP contribution in [0.4, 0.5) is 0 Å². The molecule has 4 rings (SSSR count). The fraction of sp³-hybridized carbons (Fsp3) is 0.739. The van der Waals surface area contributed by atoms with Gasteiger partial charge >= 0.3 is 0 Å². The van der Waals surface area contributed by atoms with Crippen molar-refractivity contribution in [2.45, 2.75) is 78.7 Å². The van der Waals surface area contributed by atoms with Crippen molar-refractivity contribution in [3.63, 3.8) is 0 Å². The Morgan fingerprint density at radius 1 is 1.11 bits per heavy atom. The van der Waals surface area contributed by atoms with Crippen LogP contribution in [0.2, 0.25) is 0 Å². The molecule has 1 saturated heterocycles. The van der Waals surface area contributed by atoms with Crippen LogP contribution in [0.1, 0.15) is 73.1 Å². The van der Waals surface area contributed by atoms with E-state index >= 15 is 0 Å². The van der Waals surface area contributed by atoms with Gasteiger partial charge in [0.25, 0.3) is 0 Å². The molecule has 0 aromatic heterocycles. The molecule has 5 atom stereocenters. The zero-order chi connectivity index (χ0) is 19.6. The smallest absolute Gasteiger partial charge is 0.224 e. The van der Waals surface area contributed by atoms with E-state index in [-0.39, 0.29) is 34.1 Å². The maximum Gasteiger partial charge on any atom is 0.224 e. The van der Waals surface area contributed by atoms with Crippen molar-refractivity contribution >= 4 is 11.8 Å². The third-order valence-electron chi connectivity index (χ3n) is 7.90. The lowest BCUT2D eigenvalue weighted by Crippen LogP contribution is -2.52. The Labute approximate surface area is 163 Å². The molecule has 4 nitrogen and oxygen atoms in total. The molecule has 0 bridgehead atoms. The summed E-state index contributed by atoms with van der Waals surface area (Å²) in [5.41, 5.74) is 2.56. The minimum Gasteiger partial charge on any atom is -0.351 e. The van der Waals surface area contributed by atoms with Gasteiger partial charge in [-0.2, -0.15) is 0 Å². The topological polar surface area (TPSA) is 58.2 Å². The average molecular weight is 371 g/mol. The summed E-state index contributed by atoms with van der Waals surface area (Å²) >= 11 is 0. The van der Waals surface area contributed by atoms with Crippen LogP contribution in [0.3, 0.4) is 0 Å². The highest BCUT2D eigenvalue weighted by Gasteiger charge is 2.58. The average Bonchev–Trinajstić information content (AvgIpc) is 2.91. The zero-order valence-electron chi connectivity index (χ0n) is 17.4. The number of amides is 2. The Morgan fingerprint density at radius 3 is 2.56 bits per heavy atom. The Bertz CT molecular complexity index is 744. The van der Waals surface area contributed by atoms with E-state index in [0.717, 1.165) is 37.8 Å². The Hall–Kier alpha value is -1.58. The fourth-order valence-corrected chi connectivity index (χ4v) is 6.44. The lowest BCUT2D eigenvalue weighted by molar-refractivity contribution is -0.131. The molecule has 0 unspecified atom stereocenters. The van der Waals surface area contributed by atoms with Gasteiger partial charge in [0, 0.05) is 29.0 Å². The molecule has 3 aliphatic carbocycles. The van der Waals surface area contributed by atoms with Gasteiger partial charge in [-0.05, 0) is 76.2 Å². The van der Waals surface area contributed by atoms with Crippen LogP contribution >= 0.6 is 0 Å². The molecule has 1 heterocycles. The Balaban J connectivity index is 1.63. The molecule has 4 heteroatoms. The minimum absolute atomic E-state index is 0.0467. The lowest BCUT2D eigenvalue weighted by atomic mass is 9.52. The van der Waals surface area contributed by atoms with Crippen molar-refractivity contribution in [2.24, 2.45) is 28.6 Å². The third kappa shape index (κ3) is 2.87. The van der Waals surface area contributed by atoms with Gasteiger partial charge in [0.05, 0.1) is 0 Å². The van der Waals surface area contributed by atoms with E-state index in [1.165, 1.54) is 5.57 Å². The molecule has 4 aliphatic rings. The van der Waals surface area contributed by atoms with Crippen LogP contribution in [0.5, 0.6) is 0 Å². The molecular weight excluding hydrogens is 336 g/mol. The van der Waals surface area contributed by atoms with Crippen molar-refractivity contribution < 1.29 is 9.59 Å². The van der Waals surface area contributed by atoms with Crippen molar-refractivity contribution in [3.05, 3.63) is 23.4 Å². The normalized spacial score (nSPS) is 40.8. The number of piperidine rings is 1. The SMILES string of the molecule is CC(C)(C)NC(=O)[C@H]1CC[C@H]2C3=CC=C4NC(=O)CC[C@]4(C)[C@H]3CC[C@]12C. The van der Waals surface area contributed by atoms with Gasteiger partial charge in [-0.15, -0.1) is 0 Å². The summed E-state index contributed by atoms with van der Waals surface area (Å²) < 4.78 is 0. The summed E-state index contributed by atoms with van der Waals surface area (Å²) in [6, 6.07) is 0. The number of carbonyl (C=O) groups is 2. The molecule has 0 spiro atoms. The number of allylic oxidation sites excluding steroid dienone is 4. The Morgan fingerprint density at radius 2 is 1.85 bits per heavy atom. The second kappa shape index (κ2) is 5.96. The molecule has 2 N–H and O–H groups in total. The maximum atomic E-state index is 13.0. The monoisotopic (exact) mass is 370 g/mol. The van der Waals surface area contributed by atoms with E-state index in [2.05, 4.69) is 57.4 Å². The van der Waals surface area contributed by atoms with Gasteiger partial charge in [0.15, 0.2) is 0 Å². The number of hydrogen-bond acceptors (Lipinski definition) is 2. The molecule has 1 aliphatic heterocycles. The standard InChI is InChI=1S/C23H34N2O2/c1-21(2,3)25-20(27)17-8-7-15-14-6-9-18-23(5,13-11-19(26)24-18)16(14)10-12-22(15,17)4/h6,9,15-17H,7-8,10-13H2,1-5H3,(H,24,26)(H,25,27)/t15-,16-,17+,22-,23+/m0/s1. The highest BCUT2D eigenvalue weighted by molar-refractivity contribution is 5.81. The van der Waals surface area contributed by atoms with Crippen LogP contribution in [0, 0.1) is 28.6 Å². The third-order valence-corrected chi connectivity index (χ3v) is 7.90. The first-order valence-corrected chi connectivity index (χ1v) is 10.6. The van der Waals surface area contributed by atoms with Crippen molar-refractivity contribution in [2.75, 3.05) is 0 Å². The van der Waals surface area contributed by atoms with Crippen LogP contribution in [0.15, 0.2) is 23.4 Å². The quantitative estimate of drug-likeness (QED) is 0.730.